The van der Waals surface area contributed by atoms with Crippen molar-refractivity contribution in [2.24, 2.45) is 5.92 Å². The lowest BCUT2D eigenvalue weighted by atomic mass is 10.2. The number of nitrogens with one attached hydrogen (secondary N) is 1. The van der Waals surface area contributed by atoms with Gasteiger partial charge in [-0.05, 0) is 18.8 Å². The van der Waals surface area contributed by atoms with Crippen molar-refractivity contribution in [2.45, 2.75) is 25.7 Å². The first-order chi connectivity index (χ1) is 8.58. The van der Waals surface area contributed by atoms with E-state index >= 15 is 0 Å². The normalized spacial score (nSPS) is 14.6. The Bertz CT molecular complexity index is 438. The van der Waals surface area contributed by atoms with Crippen LogP contribution >= 0.6 is 23.2 Å². The van der Waals surface area contributed by atoms with E-state index in [1.54, 1.807) is 0 Å². The summed E-state index contributed by atoms with van der Waals surface area (Å²) in [4.78, 5) is 10.1. The summed E-state index contributed by atoms with van der Waals surface area (Å²) in [5.74, 6) is 0.898. The molecular weight excluding hydrogens is 275 g/mol. The van der Waals surface area contributed by atoms with E-state index in [0.29, 0.717) is 15.7 Å². The van der Waals surface area contributed by atoms with Crippen molar-refractivity contribution in [3.05, 3.63) is 32.3 Å². The van der Waals surface area contributed by atoms with Crippen LogP contribution in [0.25, 0.3) is 0 Å². The topological polar surface area (TPSA) is 55.2 Å². The number of nitro benzene ring substituents is 1. The molecule has 18 heavy (non-hydrogen) atoms. The number of rotatable bonds is 6. The predicted octanol–water partition coefficient (Wildman–Crippen LogP) is 4.50. The Balaban J connectivity index is 1.95. The number of hydrogen-bond donors (Lipinski definition) is 1. The van der Waals surface area contributed by atoms with Gasteiger partial charge in [-0.15, -0.1) is 0 Å². The predicted molar refractivity (Wildman–Crippen MR) is 73.6 cm³/mol. The molecule has 6 heteroatoms. The zero-order valence-corrected chi connectivity index (χ0v) is 11.3. The zero-order chi connectivity index (χ0) is 13.1. The second-order valence-electron chi connectivity index (χ2n) is 4.55. The van der Waals surface area contributed by atoms with E-state index in [1.165, 1.54) is 31.4 Å². The van der Waals surface area contributed by atoms with Crippen LogP contribution in [-0.4, -0.2) is 11.5 Å². The smallest absolute Gasteiger partial charge is 0.272 e. The van der Waals surface area contributed by atoms with E-state index < -0.39 is 4.92 Å². The maximum absolute atomic E-state index is 10.6. The highest BCUT2D eigenvalue weighted by Gasteiger charge is 2.20. The lowest BCUT2D eigenvalue weighted by Gasteiger charge is -2.10. The summed E-state index contributed by atoms with van der Waals surface area (Å²) in [5, 5.41) is 14.4. The number of anilines is 1. The highest BCUT2D eigenvalue weighted by molar-refractivity contribution is 6.39. The van der Waals surface area contributed by atoms with Crippen molar-refractivity contribution in [3.8, 4) is 0 Å². The Morgan fingerprint density at radius 2 is 1.94 bits per heavy atom. The van der Waals surface area contributed by atoms with Gasteiger partial charge in [0.15, 0.2) is 0 Å². The molecule has 1 aromatic carbocycles. The van der Waals surface area contributed by atoms with Crippen LogP contribution in [0.4, 0.5) is 11.4 Å². The molecule has 1 aliphatic carbocycles. The Morgan fingerprint density at radius 3 is 2.44 bits per heavy atom. The summed E-state index contributed by atoms with van der Waals surface area (Å²) in [7, 11) is 0. The molecule has 0 radical (unpaired) electrons. The molecule has 0 amide bonds. The van der Waals surface area contributed by atoms with E-state index in [2.05, 4.69) is 5.32 Å². The quantitative estimate of drug-likeness (QED) is 0.476. The molecule has 0 unspecified atom stereocenters. The van der Waals surface area contributed by atoms with Crippen LogP contribution in [0.15, 0.2) is 12.1 Å². The molecule has 0 bridgehead atoms. The minimum Gasteiger partial charge on any atom is -0.383 e. The van der Waals surface area contributed by atoms with Gasteiger partial charge < -0.3 is 5.32 Å². The lowest BCUT2D eigenvalue weighted by molar-refractivity contribution is -0.384. The molecule has 1 fully saturated rings. The molecule has 4 nitrogen and oxygen atoms in total. The minimum absolute atomic E-state index is 0.0893. The third kappa shape index (κ3) is 3.50. The number of benzene rings is 1. The van der Waals surface area contributed by atoms with Gasteiger partial charge in [-0.3, -0.25) is 10.1 Å². The molecule has 0 saturated heterocycles. The average molecular weight is 289 g/mol. The molecular formula is C12H14Cl2N2O2. The molecule has 2 rings (SSSR count). The number of halogens is 2. The van der Waals surface area contributed by atoms with Gasteiger partial charge >= 0.3 is 0 Å². The minimum atomic E-state index is -0.505. The van der Waals surface area contributed by atoms with Gasteiger partial charge in [0.2, 0.25) is 0 Å². The Hall–Kier alpha value is -1.00. The first-order valence-electron chi connectivity index (χ1n) is 5.95. The fourth-order valence-electron chi connectivity index (χ4n) is 1.84. The highest BCUT2D eigenvalue weighted by atomic mass is 35.5. The summed E-state index contributed by atoms with van der Waals surface area (Å²) in [6.45, 7) is 0.785. The van der Waals surface area contributed by atoms with Gasteiger partial charge in [0.05, 0.1) is 20.7 Å². The van der Waals surface area contributed by atoms with Gasteiger partial charge in [-0.2, -0.15) is 0 Å². The monoisotopic (exact) mass is 288 g/mol. The van der Waals surface area contributed by atoms with E-state index in [0.717, 1.165) is 18.9 Å². The van der Waals surface area contributed by atoms with Gasteiger partial charge in [-0.25, -0.2) is 0 Å². The van der Waals surface area contributed by atoms with Gasteiger partial charge in [0.1, 0.15) is 0 Å². The fraction of sp³-hybridized carbons (Fsp3) is 0.500. The van der Waals surface area contributed by atoms with Crippen LogP contribution < -0.4 is 5.32 Å². The van der Waals surface area contributed by atoms with Crippen LogP contribution in [0.2, 0.25) is 10.0 Å². The standard InChI is InChI=1S/C12H14Cl2N2O2/c13-10-6-9(16(17)18)7-11(14)12(10)15-5-1-2-8-3-4-8/h6-8,15H,1-5H2. The largest absolute Gasteiger partial charge is 0.383 e. The molecule has 1 aliphatic rings. The molecule has 1 saturated carbocycles. The number of non-ortho nitro benzene ring substituents is 1. The van der Waals surface area contributed by atoms with Gasteiger partial charge in [0, 0.05) is 18.7 Å². The molecule has 0 heterocycles. The molecule has 1 aromatic rings. The molecule has 0 aliphatic heterocycles. The number of nitrogens with zero attached hydrogens (tertiary/aromatic N) is 1. The van der Waals surface area contributed by atoms with Crippen molar-refractivity contribution in [3.63, 3.8) is 0 Å². The number of nitro groups is 1. The molecule has 98 valence electrons. The maximum atomic E-state index is 10.6. The fourth-order valence-corrected chi connectivity index (χ4v) is 2.45. The van der Waals surface area contributed by atoms with Crippen LogP contribution in [0.3, 0.4) is 0 Å². The van der Waals surface area contributed by atoms with E-state index in [-0.39, 0.29) is 5.69 Å². The molecule has 0 atom stereocenters. The second kappa shape index (κ2) is 5.76. The summed E-state index contributed by atoms with van der Waals surface area (Å²) in [5.41, 5.74) is 0.494. The third-order valence-electron chi connectivity index (χ3n) is 3.03. The van der Waals surface area contributed by atoms with E-state index in [1.807, 2.05) is 0 Å². The molecule has 0 aromatic heterocycles. The van der Waals surface area contributed by atoms with Crippen LogP contribution in [-0.2, 0) is 0 Å². The first kappa shape index (κ1) is 13.4. The SMILES string of the molecule is O=[N+]([O-])c1cc(Cl)c(NCCCC2CC2)c(Cl)c1. The summed E-state index contributed by atoms with van der Waals surface area (Å²) < 4.78 is 0. The van der Waals surface area contributed by atoms with Crippen molar-refractivity contribution in [1.82, 2.24) is 0 Å². The maximum Gasteiger partial charge on any atom is 0.272 e. The van der Waals surface area contributed by atoms with Crippen LogP contribution in [0.5, 0.6) is 0 Å². The Labute approximate surface area is 115 Å². The van der Waals surface area contributed by atoms with Crippen molar-refractivity contribution >= 4 is 34.6 Å². The van der Waals surface area contributed by atoms with Crippen molar-refractivity contribution < 1.29 is 4.92 Å². The first-order valence-corrected chi connectivity index (χ1v) is 6.71. The van der Waals surface area contributed by atoms with E-state index in [9.17, 15) is 10.1 Å². The Morgan fingerprint density at radius 1 is 1.33 bits per heavy atom. The van der Waals surface area contributed by atoms with Crippen molar-refractivity contribution in [2.75, 3.05) is 11.9 Å². The van der Waals surface area contributed by atoms with Crippen molar-refractivity contribution in [1.29, 1.82) is 0 Å². The van der Waals surface area contributed by atoms with Crippen LogP contribution in [0, 0.1) is 16.0 Å². The molecule has 1 N–H and O–H groups in total. The number of hydrogen-bond acceptors (Lipinski definition) is 3. The summed E-state index contributed by atoms with van der Waals surface area (Å²) in [6, 6.07) is 2.63. The van der Waals surface area contributed by atoms with E-state index in [4.69, 9.17) is 23.2 Å². The average Bonchev–Trinajstić information content (AvgIpc) is 3.10. The summed E-state index contributed by atoms with van der Waals surface area (Å²) >= 11 is 12.0. The zero-order valence-electron chi connectivity index (χ0n) is 9.79. The highest BCUT2D eigenvalue weighted by Crippen LogP contribution is 2.36. The second-order valence-corrected chi connectivity index (χ2v) is 5.37. The van der Waals surface area contributed by atoms with Crippen LogP contribution in [0.1, 0.15) is 25.7 Å². The van der Waals surface area contributed by atoms with Gasteiger partial charge in [0.25, 0.3) is 5.69 Å². The molecule has 0 spiro atoms. The summed E-state index contributed by atoms with van der Waals surface area (Å²) in [6.07, 6.45) is 4.97. The Kier molecular flexibility index (Phi) is 4.30. The third-order valence-corrected chi connectivity index (χ3v) is 3.62. The lowest BCUT2D eigenvalue weighted by Crippen LogP contribution is -2.03. The van der Waals surface area contributed by atoms with Gasteiger partial charge in [-0.1, -0.05) is 36.0 Å².